The fraction of sp³-hybridized carbons (Fsp3) is 0.444. The molecule has 4 rings (SSSR count). The number of nitrogens with zero attached hydrogens (tertiary/aromatic N) is 2. The zero-order valence-corrected chi connectivity index (χ0v) is 19.6. The van der Waals surface area contributed by atoms with Gasteiger partial charge < -0.3 is 10.3 Å². The molecule has 0 aliphatic carbocycles. The Bertz CT molecular complexity index is 1150. The van der Waals surface area contributed by atoms with Crippen LogP contribution in [0.3, 0.4) is 0 Å². The summed E-state index contributed by atoms with van der Waals surface area (Å²) in [5.41, 5.74) is 3.03. The average molecular weight is 447 g/mol. The van der Waals surface area contributed by atoms with E-state index in [1.807, 2.05) is 24.3 Å². The van der Waals surface area contributed by atoms with Crippen LogP contribution in [-0.2, 0) is 24.3 Å². The number of nitrogens with one attached hydrogen (secondary N) is 2. The Kier molecular flexibility index (Phi) is 7.55. The van der Waals surface area contributed by atoms with Crippen molar-refractivity contribution >= 4 is 16.8 Å². The number of aromatic amines is 1. The SMILES string of the molecule is CC1CC(C)CN(Cc2ccccc2CNC(=O)CCCc2nc3ccccc3c(=O)[nH]2)C1. The van der Waals surface area contributed by atoms with Crippen molar-refractivity contribution in [2.75, 3.05) is 13.1 Å². The van der Waals surface area contributed by atoms with Crippen molar-refractivity contribution < 1.29 is 4.79 Å². The highest BCUT2D eigenvalue weighted by atomic mass is 16.1. The van der Waals surface area contributed by atoms with Crippen LogP contribution >= 0.6 is 0 Å². The molecule has 0 spiro atoms. The quantitative estimate of drug-likeness (QED) is 0.547. The molecule has 0 radical (unpaired) electrons. The zero-order valence-electron chi connectivity index (χ0n) is 19.6. The predicted octanol–water partition coefficient (Wildman–Crippen LogP) is 4.04. The van der Waals surface area contributed by atoms with Crippen LogP contribution in [0.5, 0.6) is 0 Å². The Labute approximate surface area is 195 Å². The highest BCUT2D eigenvalue weighted by Gasteiger charge is 2.22. The number of benzene rings is 2. The van der Waals surface area contributed by atoms with Crippen LogP contribution in [0.25, 0.3) is 10.9 Å². The Morgan fingerprint density at radius 1 is 1.06 bits per heavy atom. The predicted molar refractivity (Wildman–Crippen MR) is 132 cm³/mol. The Morgan fingerprint density at radius 3 is 2.55 bits per heavy atom. The number of likely N-dealkylation sites (tertiary alicyclic amines) is 1. The van der Waals surface area contributed by atoms with Crippen LogP contribution in [0.1, 0.15) is 50.1 Å². The second kappa shape index (κ2) is 10.8. The van der Waals surface area contributed by atoms with Crippen molar-refractivity contribution in [3.05, 3.63) is 75.8 Å². The third-order valence-electron chi connectivity index (χ3n) is 6.41. The molecule has 1 aliphatic rings. The normalized spacial score (nSPS) is 19.0. The molecule has 2 atom stereocenters. The largest absolute Gasteiger partial charge is 0.352 e. The van der Waals surface area contributed by atoms with Gasteiger partial charge in [0.25, 0.3) is 5.56 Å². The van der Waals surface area contributed by atoms with Crippen molar-refractivity contribution in [2.24, 2.45) is 11.8 Å². The maximum absolute atomic E-state index is 12.5. The minimum atomic E-state index is -0.130. The lowest BCUT2D eigenvalue weighted by atomic mass is 9.91. The molecule has 2 heterocycles. The van der Waals surface area contributed by atoms with Crippen LogP contribution in [0, 0.1) is 11.8 Å². The third-order valence-corrected chi connectivity index (χ3v) is 6.41. The summed E-state index contributed by atoms with van der Waals surface area (Å²) in [5.74, 6) is 2.11. The average Bonchev–Trinajstić information content (AvgIpc) is 2.78. The molecular formula is C27H34N4O2. The van der Waals surface area contributed by atoms with E-state index in [1.54, 1.807) is 6.07 Å². The summed E-state index contributed by atoms with van der Waals surface area (Å²) in [6.45, 7) is 8.41. The van der Waals surface area contributed by atoms with E-state index in [0.717, 1.165) is 31.5 Å². The first-order chi connectivity index (χ1) is 16.0. The smallest absolute Gasteiger partial charge is 0.258 e. The van der Waals surface area contributed by atoms with Gasteiger partial charge in [-0.05, 0) is 47.9 Å². The van der Waals surface area contributed by atoms with Crippen molar-refractivity contribution in [1.82, 2.24) is 20.2 Å². The van der Waals surface area contributed by atoms with E-state index < -0.39 is 0 Å². The number of aromatic nitrogens is 2. The number of fused-ring (bicyclic) bond motifs is 1. The highest BCUT2D eigenvalue weighted by molar-refractivity contribution is 5.77. The van der Waals surface area contributed by atoms with E-state index >= 15 is 0 Å². The Balaban J connectivity index is 1.28. The Hall–Kier alpha value is -2.99. The number of carbonyl (C=O) groups excluding carboxylic acids is 1. The topological polar surface area (TPSA) is 78.1 Å². The number of para-hydroxylation sites is 1. The summed E-state index contributed by atoms with van der Waals surface area (Å²) in [6.07, 6.45) is 2.91. The van der Waals surface area contributed by atoms with Crippen LogP contribution in [0.4, 0.5) is 0 Å². The molecule has 0 bridgehead atoms. The molecular weight excluding hydrogens is 412 g/mol. The van der Waals surface area contributed by atoms with Crippen molar-refractivity contribution in [1.29, 1.82) is 0 Å². The lowest BCUT2D eigenvalue weighted by Gasteiger charge is -2.35. The number of piperidine rings is 1. The number of rotatable bonds is 8. The summed E-state index contributed by atoms with van der Waals surface area (Å²) in [6, 6.07) is 15.7. The lowest BCUT2D eigenvalue weighted by molar-refractivity contribution is -0.121. The first-order valence-corrected chi connectivity index (χ1v) is 12.0. The minimum Gasteiger partial charge on any atom is -0.352 e. The van der Waals surface area contributed by atoms with Crippen molar-refractivity contribution in [2.45, 2.75) is 52.6 Å². The van der Waals surface area contributed by atoms with Gasteiger partial charge in [-0.1, -0.05) is 50.2 Å². The maximum Gasteiger partial charge on any atom is 0.258 e. The number of hydrogen-bond donors (Lipinski definition) is 2. The van der Waals surface area contributed by atoms with Crippen molar-refractivity contribution in [3.63, 3.8) is 0 Å². The lowest BCUT2D eigenvalue weighted by Crippen LogP contribution is -2.38. The molecule has 6 heteroatoms. The van der Waals surface area contributed by atoms with Gasteiger partial charge in [0.05, 0.1) is 10.9 Å². The van der Waals surface area contributed by atoms with E-state index in [1.165, 1.54) is 17.5 Å². The second-order valence-electron chi connectivity index (χ2n) is 9.57. The number of hydrogen-bond acceptors (Lipinski definition) is 4. The Morgan fingerprint density at radius 2 is 1.76 bits per heavy atom. The molecule has 33 heavy (non-hydrogen) atoms. The van der Waals surface area contributed by atoms with Gasteiger partial charge in [0, 0.05) is 39.0 Å². The summed E-state index contributed by atoms with van der Waals surface area (Å²) in [4.78, 5) is 34.5. The molecule has 1 fully saturated rings. The zero-order chi connectivity index (χ0) is 23.2. The fourth-order valence-electron chi connectivity index (χ4n) is 5.00. The van der Waals surface area contributed by atoms with Crippen LogP contribution in [-0.4, -0.2) is 33.9 Å². The first-order valence-electron chi connectivity index (χ1n) is 12.0. The highest BCUT2D eigenvalue weighted by Crippen LogP contribution is 2.23. The molecule has 0 saturated carbocycles. The van der Waals surface area contributed by atoms with E-state index in [9.17, 15) is 9.59 Å². The number of H-pyrrole nitrogens is 1. The summed E-state index contributed by atoms with van der Waals surface area (Å²) in [7, 11) is 0. The summed E-state index contributed by atoms with van der Waals surface area (Å²) in [5, 5.41) is 3.66. The van der Waals surface area contributed by atoms with Gasteiger partial charge in [0.2, 0.25) is 5.91 Å². The van der Waals surface area contributed by atoms with Gasteiger partial charge >= 0.3 is 0 Å². The first kappa shape index (κ1) is 23.2. The third kappa shape index (κ3) is 6.29. The molecule has 3 aromatic rings. The molecule has 1 aromatic heterocycles. The monoisotopic (exact) mass is 446 g/mol. The maximum atomic E-state index is 12.5. The van der Waals surface area contributed by atoms with Gasteiger partial charge in [-0.15, -0.1) is 0 Å². The van der Waals surface area contributed by atoms with Crippen LogP contribution in [0.2, 0.25) is 0 Å². The van der Waals surface area contributed by atoms with Gasteiger partial charge in [0.15, 0.2) is 0 Å². The molecule has 2 unspecified atom stereocenters. The van der Waals surface area contributed by atoms with E-state index in [0.29, 0.717) is 42.5 Å². The summed E-state index contributed by atoms with van der Waals surface area (Å²) < 4.78 is 0. The van der Waals surface area contributed by atoms with Crippen molar-refractivity contribution in [3.8, 4) is 0 Å². The second-order valence-corrected chi connectivity index (χ2v) is 9.57. The number of amides is 1. The molecule has 2 N–H and O–H groups in total. The fourth-order valence-corrected chi connectivity index (χ4v) is 5.00. The number of aryl methyl sites for hydroxylation is 1. The van der Waals surface area contributed by atoms with E-state index in [-0.39, 0.29) is 11.5 Å². The minimum absolute atomic E-state index is 0.0214. The standard InChI is InChI=1S/C27H34N4O2/c1-19-14-20(2)17-31(16-19)18-22-9-4-3-8-21(22)15-28-26(32)13-7-12-25-29-24-11-6-5-10-23(24)27(33)30-25/h3-6,8-11,19-20H,7,12-18H2,1-2H3,(H,28,32)(H,29,30,33). The molecule has 1 saturated heterocycles. The van der Waals surface area contributed by atoms with Gasteiger partial charge in [-0.2, -0.15) is 0 Å². The van der Waals surface area contributed by atoms with Gasteiger partial charge in [-0.25, -0.2) is 4.98 Å². The summed E-state index contributed by atoms with van der Waals surface area (Å²) >= 11 is 0. The van der Waals surface area contributed by atoms with E-state index in [2.05, 4.69) is 52.2 Å². The molecule has 174 valence electrons. The molecule has 1 amide bonds. The van der Waals surface area contributed by atoms with Crippen LogP contribution in [0.15, 0.2) is 53.3 Å². The number of carbonyl (C=O) groups is 1. The van der Waals surface area contributed by atoms with Gasteiger partial charge in [0.1, 0.15) is 5.82 Å². The molecule has 1 aliphatic heterocycles. The van der Waals surface area contributed by atoms with E-state index in [4.69, 9.17) is 0 Å². The van der Waals surface area contributed by atoms with Crippen LogP contribution < -0.4 is 10.9 Å². The molecule has 6 nitrogen and oxygen atoms in total. The van der Waals surface area contributed by atoms with Gasteiger partial charge in [-0.3, -0.25) is 14.5 Å². The molecule has 2 aromatic carbocycles.